The summed E-state index contributed by atoms with van der Waals surface area (Å²) in [5, 5.41) is 12.3. The Bertz CT molecular complexity index is 1250. The fraction of sp³-hybridized carbons (Fsp3) is 0.208. The van der Waals surface area contributed by atoms with Gasteiger partial charge in [-0.15, -0.1) is 10.2 Å². The second-order valence-electron chi connectivity index (χ2n) is 7.46. The standard InChI is InChI=1S/C24H22N4O4S/c1-16-19(11-12-30-16)23-26-27-24(28(23)17-7-3-2-4-8-17)33-15-22(29)25-13-18-14-31-20-9-5-6-10-21(20)32-18/h2-12,18H,13-15H2,1H3,(H,25,29). The number of aryl methyl sites for hydroxylation is 1. The van der Waals surface area contributed by atoms with Crippen LogP contribution in [-0.4, -0.2) is 45.7 Å². The number of para-hydroxylation sites is 3. The third kappa shape index (κ3) is 4.58. The molecule has 9 heteroatoms. The van der Waals surface area contributed by atoms with Crippen molar-refractivity contribution in [1.82, 2.24) is 20.1 Å². The highest BCUT2D eigenvalue weighted by atomic mass is 32.2. The zero-order valence-electron chi connectivity index (χ0n) is 17.9. The van der Waals surface area contributed by atoms with E-state index in [1.807, 2.05) is 72.2 Å². The maximum absolute atomic E-state index is 12.5. The molecular weight excluding hydrogens is 440 g/mol. The summed E-state index contributed by atoms with van der Waals surface area (Å²) in [6.45, 7) is 2.63. The van der Waals surface area contributed by atoms with E-state index >= 15 is 0 Å². The summed E-state index contributed by atoms with van der Waals surface area (Å²) in [6.07, 6.45) is 1.39. The van der Waals surface area contributed by atoms with Gasteiger partial charge in [-0.3, -0.25) is 9.36 Å². The second kappa shape index (κ2) is 9.41. The molecule has 0 saturated heterocycles. The van der Waals surface area contributed by atoms with Crippen molar-refractivity contribution in [2.75, 3.05) is 18.9 Å². The second-order valence-corrected chi connectivity index (χ2v) is 8.40. The predicted molar refractivity (Wildman–Crippen MR) is 124 cm³/mol. The average molecular weight is 463 g/mol. The third-order valence-electron chi connectivity index (χ3n) is 5.17. The predicted octanol–water partition coefficient (Wildman–Crippen LogP) is 3.88. The number of fused-ring (bicyclic) bond motifs is 1. The minimum Gasteiger partial charge on any atom is -0.486 e. The quantitative estimate of drug-likeness (QED) is 0.417. The van der Waals surface area contributed by atoms with Crippen molar-refractivity contribution < 1.29 is 18.7 Å². The molecule has 0 bridgehead atoms. The molecule has 1 aliphatic rings. The van der Waals surface area contributed by atoms with E-state index in [0.29, 0.717) is 29.9 Å². The lowest BCUT2D eigenvalue weighted by Gasteiger charge is -2.26. The van der Waals surface area contributed by atoms with Crippen molar-refractivity contribution in [3.05, 3.63) is 72.7 Å². The fourth-order valence-corrected chi connectivity index (χ4v) is 4.32. The number of nitrogens with zero attached hydrogens (tertiary/aromatic N) is 3. The van der Waals surface area contributed by atoms with Gasteiger partial charge in [0.15, 0.2) is 22.5 Å². The Morgan fingerprint density at radius 3 is 2.67 bits per heavy atom. The molecule has 4 aromatic rings. The minimum atomic E-state index is -0.238. The van der Waals surface area contributed by atoms with Crippen LogP contribution in [0.1, 0.15) is 5.76 Å². The van der Waals surface area contributed by atoms with Gasteiger partial charge >= 0.3 is 0 Å². The molecule has 1 N–H and O–H groups in total. The Balaban J connectivity index is 1.25. The molecule has 168 valence electrons. The largest absolute Gasteiger partial charge is 0.486 e. The number of ether oxygens (including phenoxy) is 2. The van der Waals surface area contributed by atoms with E-state index in [1.54, 1.807) is 6.26 Å². The Morgan fingerprint density at radius 2 is 1.88 bits per heavy atom. The van der Waals surface area contributed by atoms with Crippen molar-refractivity contribution in [2.24, 2.45) is 0 Å². The molecule has 0 fully saturated rings. The Labute approximate surface area is 194 Å². The number of hydrogen-bond donors (Lipinski definition) is 1. The van der Waals surface area contributed by atoms with Gasteiger partial charge < -0.3 is 19.2 Å². The average Bonchev–Trinajstić information content (AvgIpc) is 3.47. The molecule has 0 radical (unpaired) electrons. The number of furan rings is 1. The fourth-order valence-electron chi connectivity index (χ4n) is 3.54. The maximum atomic E-state index is 12.5. The molecule has 1 amide bonds. The van der Waals surface area contributed by atoms with E-state index in [-0.39, 0.29) is 17.8 Å². The summed E-state index contributed by atoms with van der Waals surface area (Å²) in [7, 11) is 0. The van der Waals surface area contributed by atoms with Gasteiger partial charge in [-0.1, -0.05) is 42.1 Å². The van der Waals surface area contributed by atoms with Crippen LogP contribution in [-0.2, 0) is 4.79 Å². The number of nitrogens with one attached hydrogen (secondary N) is 1. The van der Waals surface area contributed by atoms with Crippen LogP contribution in [0, 0.1) is 6.92 Å². The van der Waals surface area contributed by atoms with Crippen molar-refractivity contribution >= 4 is 17.7 Å². The summed E-state index contributed by atoms with van der Waals surface area (Å²) in [5.74, 6) is 2.91. The molecule has 33 heavy (non-hydrogen) atoms. The Morgan fingerprint density at radius 1 is 1.09 bits per heavy atom. The smallest absolute Gasteiger partial charge is 0.230 e. The molecule has 0 spiro atoms. The first-order valence-corrected chi connectivity index (χ1v) is 11.5. The Hall–Kier alpha value is -3.72. The highest BCUT2D eigenvalue weighted by molar-refractivity contribution is 7.99. The van der Waals surface area contributed by atoms with Crippen molar-refractivity contribution in [1.29, 1.82) is 0 Å². The molecule has 3 heterocycles. The molecule has 8 nitrogen and oxygen atoms in total. The third-order valence-corrected chi connectivity index (χ3v) is 6.10. The summed E-state index contributed by atoms with van der Waals surface area (Å²) in [4.78, 5) is 12.5. The van der Waals surface area contributed by atoms with Crippen molar-refractivity contribution in [3.63, 3.8) is 0 Å². The van der Waals surface area contributed by atoms with Crippen LogP contribution < -0.4 is 14.8 Å². The Kier molecular flexibility index (Phi) is 6.03. The molecule has 0 saturated carbocycles. The van der Waals surface area contributed by atoms with Crippen molar-refractivity contribution in [2.45, 2.75) is 18.2 Å². The summed E-state index contributed by atoms with van der Waals surface area (Å²) < 4.78 is 19.0. The SMILES string of the molecule is Cc1occc1-c1nnc(SCC(=O)NCC2COc3ccccc3O2)n1-c1ccccc1. The molecule has 1 atom stereocenters. The first-order chi connectivity index (χ1) is 16.2. The summed E-state index contributed by atoms with van der Waals surface area (Å²) in [6, 6.07) is 19.2. The van der Waals surface area contributed by atoms with Crippen LogP contribution in [0.4, 0.5) is 0 Å². The number of benzene rings is 2. The van der Waals surface area contributed by atoms with Gasteiger partial charge in [0.25, 0.3) is 0 Å². The minimum absolute atomic E-state index is 0.119. The van der Waals surface area contributed by atoms with Crippen LogP contribution in [0.25, 0.3) is 17.1 Å². The van der Waals surface area contributed by atoms with E-state index in [0.717, 1.165) is 22.8 Å². The first kappa shape index (κ1) is 21.1. The normalized spacial score (nSPS) is 14.8. The molecular formula is C24H22N4O4S. The van der Waals surface area contributed by atoms with Gasteiger partial charge in [0.2, 0.25) is 5.91 Å². The van der Waals surface area contributed by atoms with Crippen molar-refractivity contribution in [3.8, 4) is 28.6 Å². The first-order valence-electron chi connectivity index (χ1n) is 10.5. The molecule has 2 aromatic carbocycles. The molecule has 1 unspecified atom stereocenters. The molecule has 1 aliphatic heterocycles. The van der Waals surface area contributed by atoms with E-state index < -0.39 is 0 Å². The summed E-state index contributed by atoms with van der Waals surface area (Å²) >= 11 is 1.32. The number of aromatic nitrogens is 3. The van der Waals surface area contributed by atoms with Gasteiger partial charge in [-0.2, -0.15) is 0 Å². The van der Waals surface area contributed by atoms with Crippen LogP contribution in [0.15, 0.2) is 76.5 Å². The summed E-state index contributed by atoms with van der Waals surface area (Å²) in [5.41, 5.74) is 1.77. The van der Waals surface area contributed by atoms with E-state index in [1.165, 1.54) is 11.8 Å². The van der Waals surface area contributed by atoms with Gasteiger partial charge in [-0.05, 0) is 37.3 Å². The lowest BCUT2D eigenvalue weighted by molar-refractivity contribution is -0.119. The molecule has 0 aliphatic carbocycles. The number of amides is 1. The zero-order valence-corrected chi connectivity index (χ0v) is 18.7. The monoisotopic (exact) mass is 462 g/mol. The lowest BCUT2D eigenvalue weighted by atomic mass is 10.2. The van der Waals surface area contributed by atoms with E-state index in [9.17, 15) is 4.79 Å². The van der Waals surface area contributed by atoms with E-state index in [4.69, 9.17) is 13.9 Å². The maximum Gasteiger partial charge on any atom is 0.230 e. The number of rotatable bonds is 7. The van der Waals surface area contributed by atoms with Crippen LogP contribution >= 0.6 is 11.8 Å². The van der Waals surface area contributed by atoms with Gasteiger partial charge in [0.05, 0.1) is 24.1 Å². The number of carbonyl (C=O) groups excluding carboxylic acids is 1. The van der Waals surface area contributed by atoms with Crippen LogP contribution in [0.2, 0.25) is 0 Å². The lowest BCUT2D eigenvalue weighted by Crippen LogP contribution is -2.41. The molecule has 2 aromatic heterocycles. The number of carbonyl (C=O) groups is 1. The molecule has 5 rings (SSSR count). The van der Waals surface area contributed by atoms with Gasteiger partial charge in [0, 0.05) is 5.69 Å². The topological polar surface area (TPSA) is 91.4 Å². The highest BCUT2D eigenvalue weighted by Crippen LogP contribution is 2.31. The van der Waals surface area contributed by atoms with Gasteiger partial charge in [-0.25, -0.2) is 0 Å². The van der Waals surface area contributed by atoms with Gasteiger partial charge in [0.1, 0.15) is 18.5 Å². The van der Waals surface area contributed by atoms with E-state index in [2.05, 4.69) is 15.5 Å². The number of thioether (sulfide) groups is 1. The highest BCUT2D eigenvalue weighted by Gasteiger charge is 2.22. The number of hydrogen-bond acceptors (Lipinski definition) is 7. The van der Waals surface area contributed by atoms with Crippen LogP contribution in [0.5, 0.6) is 11.5 Å². The van der Waals surface area contributed by atoms with Crippen LogP contribution in [0.3, 0.4) is 0 Å². The zero-order chi connectivity index (χ0) is 22.6.